The molecule has 0 saturated heterocycles. The summed E-state index contributed by atoms with van der Waals surface area (Å²) in [6, 6.07) is 21.2. The second-order valence-electron chi connectivity index (χ2n) is 7.62. The van der Waals surface area contributed by atoms with Crippen molar-refractivity contribution >= 4 is 34.0 Å². The molecule has 8 heteroatoms. The summed E-state index contributed by atoms with van der Waals surface area (Å²) in [4.78, 5) is 25.1. The molecule has 0 aliphatic heterocycles. The van der Waals surface area contributed by atoms with Crippen molar-refractivity contribution in [2.24, 2.45) is 0 Å². The van der Waals surface area contributed by atoms with Gasteiger partial charge in [-0.2, -0.15) is 0 Å². The Morgan fingerprint density at radius 1 is 0.941 bits per heavy atom. The number of benzene rings is 3. The average Bonchev–Trinajstić information content (AvgIpc) is 3.51. The molecule has 5 aromatic rings. The van der Waals surface area contributed by atoms with Gasteiger partial charge >= 0.3 is 0 Å². The van der Waals surface area contributed by atoms with E-state index >= 15 is 0 Å². The van der Waals surface area contributed by atoms with Crippen molar-refractivity contribution in [2.75, 3.05) is 19.5 Å². The molecule has 0 unspecified atom stereocenters. The van der Waals surface area contributed by atoms with Gasteiger partial charge < -0.3 is 19.8 Å². The molecular weight excluding hydrogens is 448 g/mol. The fraction of sp³-hybridized carbons (Fsp3) is 0.115. The van der Waals surface area contributed by atoms with Gasteiger partial charge in [0.2, 0.25) is 5.91 Å². The number of amides is 1. The number of methoxy groups -OCH3 is 2. The van der Waals surface area contributed by atoms with E-state index in [1.165, 1.54) is 11.3 Å². The van der Waals surface area contributed by atoms with Crippen LogP contribution in [0.25, 0.3) is 33.0 Å². The van der Waals surface area contributed by atoms with Crippen LogP contribution in [0.3, 0.4) is 0 Å². The summed E-state index contributed by atoms with van der Waals surface area (Å²) >= 11 is 1.49. The lowest BCUT2D eigenvalue weighted by Crippen LogP contribution is -2.14. The number of hydrogen-bond donors (Lipinski definition) is 2. The molecule has 170 valence electrons. The number of rotatable bonds is 7. The molecule has 2 aromatic heterocycles. The van der Waals surface area contributed by atoms with Crippen LogP contribution >= 0.6 is 11.3 Å². The normalized spacial score (nSPS) is 10.9. The highest BCUT2D eigenvalue weighted by molar-refractivity contribution is 7.13. The van der Waals surface area contributed by atoms with E-state index in [2.05, 4.69) is 20.3 Å². The molecule has 0 spiro atoms. The Bertz CT molecular complexity index is 1420. The monoisotopic (exact) mass is 470 g/mol. The predicted octanol–water partition coefficient (Wildman–Crippen LogP) is 5.55. The molecule has 0 aliphatic carbocycles. The summed E-state index contributed by atoms with van der Waals surface area (Å²) < 4.78 is 10.7. The first-order valence-electron chi connectivity index (χ1n) is 10.6. The molecule has 0 fully saturated rings. The van der Waals surface area contributed by atoms with Crippen molar-refractivity contribution in [2.45, 2.75) is 6.42 Å². The van der Waals surface area contributed by atoms with Crippen LogP contribution in [-0.2, 0) is 11.2 Å². The lowest BCUT2D eigenvalue weighted by atomic mass is 10.2. The maximum absolute atomic E-state index is 12.6. The van der Waals surface area contributed by atoms with E-state index in [1.807, 2.05) is 72.1 Å². The van der Waals surface area contributed by atoms with E-state index in [4.69, 9.17) is 9.47 Å². The van der Waals surface area contributed by atoms with Crippen molar-refractivity contribution in [3.63, 3.8) is 0 Å². The minimum Gasteiger partial charge on any atom is -0.493 e. The van der Waals surface area contributed by atoms with Gasteiger partial charge in [0, 0.05) is 22.2 Å². The summed E-state index contributed by atoms with van der Waals surface area (Å²) in [6.45, 7) is 0. The number of fused-ring (bicyclic) bond motifs is 1. The van der Waals surface area contributed by atoms with Gasteiger partial charge in [0.25, 0.3) is 0 Å². The number of carbonyl (C=O) groups is 1. The highest BCUT2D eigenvalue weighted by atomic mass is 32.1. The zero-order chi connectivity index (χ0) is 23.5. The molecule has 2 heterocycles. The van der Waals surface area contributed by atoms with E-state index in [-0.39, 0.29) is 12.3 Å². The maximum Gasteiger partial charge on any atom is 0.230 e. The number of aromatic nitrogens is 3. The van der Waals surface area contributed by atoms with Gasteiger partial charge in [0.1, 0.15) is 10.8 Å². The molecule has 7 nitrogen and oxygen atoms in total. The molecule has 5 rings (SSSR count). The second-order valence-corrected chi connectivity index (χ2v) is 8.48. The molecule has 3 aromatic carbocycles. The number of thiazole rings is 1. The minimum absolute atomic E-state index is 0.124. The van der Waals surface area contributed by atoms with Crippen LogP contribution in [0.1, 0.15) is 5.69 Å². The highest BCUT2D eigenvalue weighted by Crippen LogP contribution is 2.33. The predicted molar refractivity (Wildman–Crippen MR) is 135 cm³/mol. The number of H-pyrrole nitrogens is 1. The van der Waals surface area contributed by atoms with Gasteiger partial charge in [-0.3, -0.25) is 4.79 Å². The van der Waals surface area contributed by atoms with E-state index in [1.54, 1.807) is 14.2 Å². The quantitative estimate of drug-likeness (QED) is 0.325. The Hall–Kier alpha value is -4.17. The third-order valence-corrected chi connectivity index (χ3v) is 6.30. The number of hydrogen-bond acceptors (Lipinski definition) is 6. The standard InChI is InChI=1S/C26H22N4O3S/c1-32-22-12-9-17(13-23(22)33-2)26-28-19(15-34-26)14-24(31)27-18-10-7-16(8-11-18)25-29-20-5-3-4-6-21(20)30-25/h3-13,15H,14H2,1-2H3,(H,27,31)(H,29,30). The van der Waals surface area contributed by atoms with Crippen LogP contribution in [-0.4, -0.2) is 35.1 Å². The molecule has 0 saturated carbocycles. The first-order valence-corrected chi connectivity index (χ1v) is 11.5. The van der Waals surface area contributed by atoms with Crippen molar-refractivity contribution in [3.05, 3.63) is 77.8 Å². The van der Waals surface area contributed by atoms with Crippen LogP contribution in [0.4, 0.5) is 5.69 Å². The minimum atomic E-state index is -0.124. The molecular formula is C26H22N4O3S. The summed E-state index contributed by atoms with van der Waals surface area (Å²) in [5.41, 5.74) is 5.21. The van der Waals surface area contributed by atoms with Gasteiger partial charge in [0.15, 0.2) is 11.5 Å². The van der Waals surface area contributed by atoms with Crippen molar-refractivity contribution in [1.29, 1.82) is 0 Å². The van der Waals surface area contributed by atoms with Crippen LogP contribution in [0, 0.1) is 0 Å². The number of aromatic amines is 1. The lowest BCUT2D eigenvalue weighted by molar-refractivity contribution is -0.115. The first-order chi connectivity index (χ1) is 16.6. The SMILES string of the molecule is COc1ccc(-c2nc(CC(=O)Nc3ccc(-c4nc5ccccc5[nH]4)cc3)cs2)cc1OC. The number of ether oxygens (including phenoxy) is 2. The summed E-state index contributed by atoms with van der Waals surface area (Å²) in [5.74, 6) is 1.97. The smallest absolute Gasteiger partial charge is 0.230 e. The summed E-state index contributed by atoms with van der Waals surface area (Å²) in [5, 5.41) is 5.65. The van der Waals surface area contributed by atoms with Crippen molar-refractivity contribution in [1.82, 2.24) is 15.0 Å². The Labute approximate surface area is 200 Å². The zero-order valence-electron chi connectivity index (χ0n) is 18.7. The number of nitrogens with one attached hydrogen (secondary N) is 2. The lowest BCUT2D eigenvalue weighted by Gasteiger charge is -2.08. The fourth-order valence-corrected chi connectivity index (χ4v) is 4.48. The Kier molecular flexibility index (Phi) is 5.97. The Morgan fingerprint density at radius 2 is 1.71 bits per heavy atom. The van der Waals surface area contributed by atoms with Gasteiger partial charge in [0.05, 0.1) is 37.4 Å². The van der Waals surface area contributed by atoms with E-state index < -0.39 is 0 Å². The van der Waals surface area contributed by atoms with Crippen molar-refractivity contribution in [3.8, 4) is 33.5 Å². The molecule has 0 atom stereocenters. The first kappa shape index (κ1) is 21.7. The second kappa shape index (κ2) is 9.36. The van der Waals surface area contributed by atoms with Crippen LogP contribution in [0.15, 0.2) is 72.1 Å². The molecule has 0 bridgehead atoms. The van der Waals surface area contributed by atoms with Crippen LogP contribution in [0.5, 0.6) is 11.5 Å². The Balaban J connectivity index is 1.24. The number of nitrogens with zero attached hydrogens (tertiary/aromatic N) is 2. The summed E-state index contributed by atoms with van der Waals surface area (Å²) in [7, 11) is 3.20. The number of imidazole rings is 1. The fourth-order valence-electron chi connectivity index (χ4n) is 3.66. The van der Waals surface area contributed by atoms with E-state index in [0.717, 1.165) is 38.7 Å². The van der Waals surface area contributed by atoms with Gasteiger partial charge in [-0.1, -0.05) is 12.1 Å². The molecule has 34 heavy (non-hydrogen) atoms. The van der Waals surface area contributed by atoms with Crippen LogP contribution in [0.2, 0.25) is 0 Å². The Morgan fingerprint density at radius 3 is 2.47 bits per heavy atom. The largest absolute Gasteiger partial charge is 0.493 e. The number of anilines is 1. The average molecular weight is 471 g/mol. The molecule has 1 amide bonds. The van der Waals surface area contributed by atoms with Gasteiger partial charge in [-0.05, 0) is 54.6 Å². The van der Waals surface area contributed by atoms with Crippen LogP contribution < -0.4 is 14.8 Å². The van der Waals surface area contributed by atoms with E-state index in [9.17, 15) is 4.79 Å². The highest BCUT2D eigenvalue weighted by Gasteiger charge is 2.12. The summed E-state index contributed by atoms with van der Waals surface area (Å²) in [6.07, 6.45) is 0.190. The maximum atomic E-state index is 12.6. The molecule has 0 radical (unpaired) electrons. The number of para-hydroxylation sites is 2. The van der Waals surface area contributed by atoms with E-state index in [0.29, 0.717) is 17.2 Å². The third kappa shape index (κ3) is 4.49. The van der Waals surface area contributed by atoms with Crippen molar-refractivity contribution < 1.29 is 14.3 Å². The van der Waals surface area contributed by atoms with Gasteiger partial charge in [-0.15, -0.1) is 11.3 Å². The number of carbonyl (C=O) groups excluding carboxylic acids is 1. The zero-order valence-corrected chi connectivity index (χ0v) is 19.5. The topological polar surface area (TPSA) is 89.1 Å². The molecule has 0 aliphatic rings. The van der Waals surface area contributed by atoms with Gasteiger partial charge in [-0.25, -0.2) is 9.97 Å². The molecule has 2 N–H and O–H groups in total. The third-order valence-electron chi connectivity index (χ3n) is 5.36.